The van der Waals surface area contributed by atoms with Crippen molar-refractivity contribution in [2.45, 2.75) is 38.3 Å². The van der Waals surface area contributed by atoms with Gasteiger partial charge in [0.1, 0.15) is 5.54 Å². The van der Waals surface area contributed by atoms with Crippen molar-refractivity contribution in [2.75, 3.05) is 6.54 Å². The topological polar surface area (TPSA) is 64.9 Å². The lowest BCUT2D eigenvalue weighted by atomic mass is 9.98. The van der Waals surface area contributed by atoms with Crippen LogP contribution < -0.4 is 10.6 Å². The summed E-state index contributed by atoms with van der Waals surface area (Å²) in [5.41, 5.74) is -0.723. The molecule has 4 nitrogen and oxygen atoms in total. The average Bonchev–Trinajstić information content (AvgIpc) is 3.32. The highest BCUT2D eigenvalue weighted by Gasteiger charge is 2.42. The Morgan fingerprint density at radius 2 is 2.22 bits per heavy atom. The first-order valence-corrected chi connectivity index (χ1v) is 8.77. The fraction of sp³-hybridized carbons (Fsp3) is 0.444. The van der Waals surface area contributed by atoms with Crippen LogP contribution in [0.25, 0.3) is 10.1 Å². The number of hydrogen-bond acceptors (Lipinski definition) is 4. The second-order valence-electron chi connectivity index (χ2n) is 6.43. The third-order valence-electron chi connectivity index (χ3n) is 4.47. The summed E-state index contributed by atoms with van der Waals surface area (Å²) in [6.45, 7) is 4.10. The van der Waals surface area contributed by atoms with Crippen molar-refractivity contribution in [3.8, 4) is 6.07 Å². The van der Waals surface area contributed by atoms with Gasteiger partial charge in [0, 0.05) is 15.6 Å². The van der Waals surface area contributed by atoms with E-state index in [4.69, 9.17) is 0 Å². The summed E-state index contributed by atoms with van der Waals surface area (Å²) in [6, 6.07) is 12.8. The number of nitriles is 1. The number of nitrogens with one attached hydrogen (secondary N) is 2. The molecule has 0 bridgehead atoms. The summed E-state index contributed by atoms with van der Waals surface area (Å²) in [7, 11) is 0. The fourth-order valence-corrected chi connectivity index (χ4v) is 3.87. The second kappa shape index (κ2) is 6.31. The van der Waals surface area contributed by atoms with E-state index in [0.717, 1.165) is 12.8 Å². The molecule has 1 saturated carbocycles. The summed E-state index contributed by atoms with van der Waals surface area (Å²) < 4.78 is 1.26. The molecule has 1 amide bonds. The Kier molecular flexibility index (Phi) is 4.38. The van der Waals surface area contributed by atoms with Gasteiger partial charge in [-0.2, -0.15) is 5.26 Å². The average molecular weight is 327 g/mol. The Morgan fingerprint density at radius 1 is 1.48 bits per heavy atom. The van der Waals surface area contributed by atoms with Crippen LogP contribution in [0.3, 0.4) is 0 Å². The van der Waals surface area contributed by atoms with E-state index in [9.17, 15) is 10.1 Å². The minimum atomic E-state index is -0.723. The Hall–Kier alpha value is -1.90. The van der Waals surface area contributed by atoms with E-state index in [1.165, 1.54) is 15.0 Å². The van der Waals surface area contributed by atoms with Gasteiger partial charge in [-0.3, -0.25) is 4.79 Å². The SMILES string of the molecule is CC(NCC(=O)NC(C)(C#N)C1CC1)c1cc2ccccc2s1. The van der Waals surface area contributed by atoms with Crippen molar-refractivity contribution < 1.29 is 4.79 Å². The Labute approximate surface area is 140 Å². The first-order valence-electron chi connectivity index (χ1n) is 7.96. The molecule has 2 unspecified atom stereocenters. The number of amides is 1. The predicted octanol–water partition coefficient (Wildman–Crippen LogP) is 3.36. The van der Waals surface area contributed by atoms with Gasteiger partial charge in [-0.25, -0.2) is 0 Å². The van der Waals surface area contributed by atoms with Gasteiger partial charge in [0.25, 0.3) is 0 Å². The number of hydrogen-bond donors (Lipinski definition) is 2. The lowest BCUT2D eigenvalue weighted by molar-refractivity contribution is -0.121. The van der Waals surface area contributed by atoms with Gasteiger partial charge in [0.05, 0.1) is 12.6 Å². The molecule has 2 aromatic rings. The fourth-order valence-electron chi connectivity index (χ4n) is 2.78. The van der Waals surface area contributed by atoms with E-state index in [1.807, 2.05) is 19.1 Å². The molecule has 1 aliphatic carbocycles. The lowest BCUT2D eigenvalue weighted by Gasteiger charge is -2.23. The molecule has 1 fully saturated rings. The smallest absolute Gasteiger partial charge is 0.235 e. The van der Waals surface area contributed by atoms with Crippen LogP contribution in [0.2, 0.25) is 0 Å². The molecule has 0 saturated heterocycles. The number of carbonyl (C=O) groups is 1. The van der Waals surface area contributed by atoms with Gasteiger partial charge < -0.3 is 10.6 Å². The quantitative estimate of drug-likeness (QED) is 0.855. The molecule has 0 spiro atoms. The van der Waals surface area contributed by atoms with Crippen LogP contribution in [0, 0.1) is 17.2 Å². The zero-order chi connectivity index (χ0) is 16.4. The minimum absolute atomic E-state index is 0.104. The minimum Gasteiger partial charge on any atom is -0.337 e. The molecular weight excluding hydrogens is 306 g/mol. The van der Waals surface area contributed by atoms with E-state index in [2.05, 4.69) is 41.8 Å². The maximum Gasteiger partial charge on any atom is 0.235 e. The third kappa shape index (κ3) is 3.54. The van der Waals surface area contributed by atoms with Crippen LogP contribution in [0.5, 0.6) is 0 Å². The molecule has 1 aliphatic rings. The van der Waals surface area contributed by atoms with Crippen LogP contribution in [0.1, 0.15) is 37.6 Å². The van der Waals surface area contributed by atoms with Gasteiger partial charge >= 0.3 is 0 Å². The molecule has 1 heterocycles. The van der Waals surface area contributed by atoms with E-state index in [-0.39, 0.29) is 18.5 Å². The first-order chi connectivity index (χ1) is 11.0. The van der Waals surface area contributed by atoms with Gasteiger partial charge in [0.2, 0.25) is 5.91 Å². The summed E-state index contributed by atoms with van der Waals surface area (Å²) in [5, 5.41) is 16.7. The molecule has 23 heavy (non-hydrogen) atoms. The summed E-state index contributed by atoms with van der Waals surface area (Å²) in [6.07, 6.45) is 2.05. The number of fused-ring (bicyclic) bond motifs is 1. The van der Waals surface area contributed by atoms with Crippen LogP contribution in [0.15, 0.2) is 30.3 Å². The summed E-state index contributed by atoms with van der Waals surface area (Å²) in [5.74, 6) is 0.186. The molecule has 120 valence electrons. The Bertz CT molecular complexity index is 726. The van der Waals surface area contributed by atoms with Crippen LogP contribution in [-0.4, -0.2) is 18.0 Å². The van der Waals surface area contributed by atoms with Crippen molar-refractivity contribution in [3.05, 3.63) is 35.2 Å². The number of benzene rings is 1. The zero-order valence-corrected chi connectivity index (χ0v) is 14.2. The van der Waals surface area contributed by atoms with Crippen LogP contribution in [-0.2, 0) is 4.79 Å². The number of carbonyl (C=O) groups excluding carboxylic acids is 1. The summed E-state index contributed by atoms with van der Waals surface area (Å²) >= 11 is 1.74. The zero-order valence-electron chi connectivity index (χ0n) is 13.4. The van der Waals surface area contributed by atoms with E-state index in [0.29, 0.717) is 5.92 Å². The molecule has 3 rings (SSSR count). The van der Waals surface area contributed by atoms with Crippen LogP contribution in [0.4, 0.5) is 0 Å². The molecule has 0 aliphatic heterocycles. The van der Waals surface area contributed by atoms with E-state index < -0.39 is 5.54 Å². The first kappa shape index (κ1) is 16.0. The van der Waals surface area contributed by atoms with Crippen molar-refractivity contribution in [1.29, 1.82) is 5.26 Å². The third-order valence-corrected chi connectivity index (χ3v) is 5.76. The Morgan fingerprint density at radius 3 is 2.87 bits per heavy atom. The van der Waals surface area contributed by atoms with Gasteiger partial charge in [-0.05, 0) is 50.1 Å². The molecule has 1 aromatic carbocycles. The molecule has 2 atom stereocenters. The Balaban J connectivity index is 1.57. The van der Waals surface area contributed by atoms with E-state index >= 15 is 0 Å². The number of nitrogens with zero attached hydrogens (tertiary/aromatic N) is 1. The van der Waals surface area contributed by atoms with Crippen LogP contribution >= 0.6 is 11.3 Å². The normalized spacial score (nSPS) is 18.1. The maximum atomic E-state index is 12.1. The predicted molar refractivity (Wildman–Crippen MR) is 93.1 cm³/mol. The van der Waals surface area contributed by atoms with Crippen molar-refractivity contribution >= 4 is 27.3 Å². The second-order valence-corrected chi connectivity index (χ2v) is 7.54. The van der Waals surface area contributed by atoms with Gasteiger partial charge in [0.15, 0.2) is 0 Å². The molecule has 5 heteroatoms. The van der Waals surface area contributed by atoms with Crippen molar-refractivity contribution in [2.24, 2.45) is 5.92 Å². The number of rotatable bonds is 6. The molecule has 1 aromatic heterocycles. The van der Waals surface area contributed by atoms with Gasteiger partial charge in [-0.1, -0.05) is 18.2 Å². The van der Waals surface area contributed by atoms with E-state index in [1.54, 1.807) is 11.3 Å². The molecular formula is C18H21N3OS. The molecule has 0 radical (unpaired) electrons. The highest BCUT2D eigenvalue weighted by atomic mass is 32.1. The maximum absolute atomic E-state index is 12.1. The highest BCUT2D eigenvalue weighted by Crippen LogP contribution is 2.39. The largest absolute Gasteiger partial charge is 0.337 e. The molecule has 2 N–H and O–H groups in total. The van der Waals surface area contributed by atoms with Gasteiger partial charge in [-0.15, -0.1) is 11.3 Å². The van der Waals surface area contributed by atoms with Crippen molar-refractivity contribution in [3.63, 3.8) is 0 Å². The lowest BCUT2D eigenvalue weighted by Crippen LogP contribution is -2.49. The standard InChI is InChI=1S/C18H21N3OS/c1-12(16-9-13-5-3-4-6-15(13)23-16)20-10-17(22)21-18(2,11-19)14-7-8-14/h3-6,9,12,14,20H,7-8,10H2,1-2H3,(H,21,22). The summed E-state index contributed by atoms with van der Waals surface area (Å²) in [4.78, 5) is 13.3. The van der Waals surface area contributed by atoms with Crippen molar-refractivity contribution in [1.82, 2.24) is 10.6 Å². The number of thiophene rings is 1. The monoisotopic (exact) mass is 327 g/mol. The highest BCUT2D eigenvalue weighted by molar-refractivity contribution is 7.19.